The largest absolute Gasteiger partial charge is 0.481 e. The lowest BCUT2D eigenvalue weighted by molar-refractivity contribution is -0.139. The van der Waals surface area contributed by atoms with Crippen LogP contribution in [-0.2, 0) is 14.8 Å². The van der Waals surface area contributed by atoms with Gasteiger partial charge in [-0.1, -0.05) is 18.2 Å². The van der Waals surface area contributed by atoms with E-state index in [9.17, 15) is 18.0 Å². The van der Waals surface area contributed by atoms with E-state index >= 15 is 0 Å². The number of nitrogens with zero attached hydrogens (tertiary/aromatic N) is 1. The summed E-state index contributed by atoms with van der Waals surface area (Å²) in [5.41, 5.74) is 1.38. The minimum Gasteiger partial charge on any atom is -0.481 e. The second-order valence-electron chi connectivity index (χ2n) is 6.49. The number of sulfonamides is 1. The quantitative estimate of drug-likeness (QED) is 0.631. The average Bonchev–Trinajstić information content (AvgIpc) is 2.62. The van der Waals surface area contributed by atoms with Gasteiger partial charge < -0.3 is 20.1 Å². The van der Waals surface area contributed by atoms with Gasteiger partial charge in [0.05, 0.1) is 16.3 Å². The highest BCUT2D eigenvalue weighted by Gasteiger charge is 2.22. The summed E-state index contributed by atoms with van der Waals surface area (Å²) in [5.74, 6) is -0.967. The van der Waals surface area contributed by atoms with Crippen LogP contribution in [0.2, 0.25) is 0 Å². The molecule has 0 aliphatic heterocycles. The van der Waals surface area contributed by atoms with Gasteiger partial charge in [-0.3, -0.25) is 4.72 Å². The zero-order valence-corrected chi connectivity index (χ0v) is 17.3. The second kappa shape index (κ2) is 8.82. The number of carbonyl (C=O) groups excluding carboxylic acids is 1. The summed E-state index contributed by atoms with van der Waals surface area (Å²) in [6.07, 6.45) is 0. The number of para-hydroxylation sites is 2. The number of carboxylic acid groups (broad SMARTS) is 1. The van der Waals surface area contributed by atoms with E-state index in [1.165, 1.54) is 17.0 Å². The molecule has 0 saturated heterocycles. The molecular formula is C19H23N3O6S. The van der Waals surface area contributed by atoms with E-state index in [1.54, 1.807) is 52.2 Å². The van der Waals surface area contributed by atoms with Crippen molar-refractivity contribution in [1.29, 1.82) is 0 Å². The van der Waals surface area contributed by atoms with Crippen LogP contribution in [-0.4, -0.2) is 51.1 Å². The maximum atomic E-state index is 13.0. The molecule has 0 spiro atoms. The number of hydrogen-bond donors (Lipinski definition) is 3. The first kappa shape index (κ1) is 22.0. The van der Waals surface area contributed by atoms with Crippen molar-refractivity contribution in [1.82, 2.24) is 4.90 Å². The molecule has 0 aliphatic rings. The molecule has 10 heteroatoms. The number of hydrogen-bond acceptors (Lipinski definition) is 5. The summed E-state index contributed by atoms with van der Waals surface area (Å²) < 4.78 is 33.7. The van der Waals surface area contributed by atoms with E-state index < -0.39 is 28.6 Å². The fraction of sp³-hybridized carbons (Fsp3) is 0.263. The number of anilines is 2. The Hall–Kier alpha value is -3.27. The molecule has 2 rings (SSSR count). The van der Waals surface area contributed by atoms with Gasteiger partial charge in [-0.15, -0.1) is 0 Å². The van der Waals surface area contributed by atoms with E-state index in [1.807, 2.05) is 0 Å². The van der Waals surface area contributed by atoms with Crippen LogP contribution >= 0.6 is 0 Å². The van der Waals surface area contributed by atoms with Crippen LogP contribution in [0.5, 0.6) is 5.75 Å². The lowest BCUT2D eigenvalue weighted by Gasteiger charge is -2.18. The number of carboxylic acids is 1. The number of carbonyl (C=O) groups is 2. The van der Waals surface area contributed by atoms with Crippen LogP contribution in [0.1, 0.15) is 11.1 Å². The number of urea groups is 1. The van der Waals surface area contributed by atoms with Crippen LogP contribution in [0.4, 0.5) is 16.2 Å². The highest BCUT2D eigenvalue weighted by atomic mass is 32.2. The number of benzene rings is 2. The second-order valence-corrected chi connectivity index (χ2v) is 8.14. The van der Waals surface area contributed by atoms with E-state index in [2.05, 4.69) is 10.0 Å². The molecule has 9 nitrogen and oxygen atoms in total. The van der Waals surface area contributed by atoms with Crippen LogP contribution in [0.25, 0.3) is 0 Å². The van der Waals surface area contributed by atoms with Gasteiger partial charge in [-0.05, 0) is 37.6 Å². The molecule has 0 aromatic heterocycles. The van der Waals surface area contributed by atoms with E-state index in [0.717, 1.165) is 0 Å². The summed E-state index contributed by atoms with van der Waals surface area (Å²) in [6.45, 7) is 2.65. The molecule has 0 aliphatic carbocycles. The Balaban J connectivity index is 2.39. The molecule has 0 saturated carbocycles. The average molecular weight is 421 g/mol. The third-order valence-corrected chi connectivity index (χ3v) is 5.51. The molecule has 0 heterocycles. The van der Waals surface area contributed by atoms with E-state index in [0.29, 0.717) is 11.3 Å². The summed E-state index contributed by atoms with van der Waals surface area (Å²) in [6, 6.07) is 8.94. The van der Waals surface area contributed by atoms with Gasteiger partial charge in [0.25, 0.3) is 10.0 Å². The molecule has 2 aromatic rings. The third-order valence-electron chi connectivity index (χ3n) is 4.00. The predicted molar refractivity (Wildman–Crippen MR) is 109 cm³/mol. The normalized spacial score (nSPS) is 10.9. The molecule has 29 heavy (non-hydrogen) atoms. The predicted octanol–water partition coefficient (Wildman–Crippen LogP) is 2.66. The van der Waals surface area contributed by atoms with Crippen LogP contribution in [0.3, 0.4) is 0 Å². The van der Waals surface area contributed by atoms with Crippen molar-refractivity contribution >= 4 is 33.4 Å². The standard InChI is InChI=1S/C19H23N3O6S/c1-12-9-10-16(13(2)18(12)28-11-17(23)24)29(26,27)21-15-8-6-5-7-14(15)20-19(25)22(3)4/h5-10,21H,11H2,1-4H3,(H,20,25)(H,23,24). The minimum absolute atomic E-state index is 0.0581. The van der Waals surface area contributed by atoms with Crippen LogP contribution in [0, 0.1) is 13.8 Å². The molecule has 2 aromatic carbocycles. The number of rotatable bonds is 7. The maximum Gasteiger partial charge on any atom is 0.341 e. The molecule has 0 fully saturated rings. The van der Waals surface area contributed by atoms with Gasteiger partial charge in [-0.2, -0.15) is 0 Å². The molecule has 0 unspecified atom stereocenters. The number of nitrogens with one attached hydrogen (secondary N) is 2. The summed E-state index contributed by atoms with van der Waals surface area (Å²) >= 11 is 0. The van der Waals surface area contributed by atoms with Gasteiger partial charge >= 0.3 is 12.0 Å². The number of amides is 2. The van der Waals surface area contributed by atoms with Crippen molar-refractivity contribution in [3.63, 3.8) is 0 Å². The fourth-order valence-corrected chi connectivity index (χ4v) is 3.88. The molecule has 0 radical (unpaired) electrons. The van der Waals surface area contributed by atoms with Gasteiger partial charge in [0, 0.05) is 19.7 Å². The highest BCUT2D eigenvalue weighted by Crippen LogP contribution is 2.31. The Morgan fingerprint density at radius 1 is 1.07 bits per heavy atom. The van der Waals surface area contributed by atoms with Gasteiger partial charge in [0.15, 0.2) is 6.61 Å². The lowest BCUT2D eigenvalue weighted by Crippen LogP contribution is -2.28. The first-order valence-corrected chi connectivity index (χ1v) is 10.1. The van der Waals surface area contributed by atoms with Crippen molar-refractivity contribution in [3.8, 4) is 5.75 Å². The van der Waals surface area contributed by atoms with Crippen LogP contribution in [0.15, 0.2) is 41.3 Å². The summed E-state index contributed by atoms with van der Waals surface area (Å²) in [7, 11) is -0.911. The Morgan fingerprint density at radius 3 is 2.28 bits per heavy atom. The lowest BCUT2D eigenvalue weighted by atomic mass is 10.1. The van der Waals surface area contributed by atoms with Crippen LogP contribution < -0.4 is 14.8 Å². The molecule has 3 N–H and O–H groups in total. The van der Waals surface area contributed by atoms with Crippen molar-refractivity contribution in [2.75, 3.05) is 30.7 Å². The van der Waals surface area contributed by atoms with Crippen molar-refractivity contribution in [2.45, 2.75) is 18.7 Å². The van der Waals surface area contributed by atoms with Crippen molar-refractivity contribution < 1.29 is 27.9 Å². The number of ether oxygens (including phenoxy) is 1. The molecule has 0 bridgehead atoms. The number of aliphatic carboxylic acids is 1. The van der Waals surface area contributed by atoms with Gasteiger partial charge in [0.2, 0.25) is 0 Å². The summed E-state index contributed by atoms with van der Waals surface area (Å²) in [4.78, 5) is 24.0. The summed E-state index contributed by atoms with van der Waals surface area (Å²) in [5, 5.41) is 11.5. The molecular weight excluding hydrogens is 398 g/mol. The monoisotopic (exact) mass is 421 g/mol. The highest BCUT2D eigenvalue weighted by molar-refractivity contribution is 7.92. The first-order chi connectivity index (χ1) is 13.5. The first-order valence-electron chi connectivity index (χ1n) is 8.58. The topological polar surface area (TPSA) is 125 Å². The van der Waals surface area contributed by atoms with Gasteiger partial charge in [0.1, 0.15) is 5.75 Å². The number of aryl methyl sites for hydroxylation is 1. The van der Waals surface area contributed by atoms with Crippen molar-refractivity contribution in [3.05, 3.63) is 47.5 Å². The smallest absolute Gasteiger partial charge is 0.341 e. The zero-order valence-electron chi connectivity index (χ0n) is 16.5. The SMILES string of the molecule is Cc1ccc(S(=O)(=O)Nc2ccccc2NC(=O)N(C)C)c(C)c1OCC(=O)O. The Morgan fingerprint density at radius 2 is 1.69 bits per heavy atom. The maximum absolute atomic E-state index is 13.0. The Kier molecular flexibility index (Phi) is 6.70. The molecule has 156 valence electrons. The Labute approximate surface area is 169 Å². The zero-order chi connectivity index (χ0) is 21.8. The van der Waals surface area contributed by atoms with E-state index in [4.69, 9.17) is 9.84 Å². The van der Waals surface area contributed by atoms with Crippen molar-refractivity contribution in [2.24, 2.45) is 0 Å². The molecule has 2 amide bonds. The Bertz CT molecular complexity index is 1030. The van der Waals surface area contributed by atoms with Gasteiger partial charge in [-0.25, -0.2) is 18.0 Å². The molecule has 0 atom stereocenters. The minimum atomic E-state index is -4.04. The van der Waals surface area contributed by atoms with E-state index in [-0.39, 0.29) is 21.9 Å². The fourth-order valence-electron chi connectivity index (χ4n) is 2.56. The third kappa shape index (κ3) is 5.38.